The minimum Gasteiger partial charge on any atom is -0.406 e. The number of allylic oxidation sites excluding steroid dienone is 4. The van der Waals surface area contributed by atoms with Gasteiger partial charge in [0.1, 0.15) is 5.75 Å². The highest BCUT2D eigenvalue weighted by molar-refractivity contribution is 7.89. The number of hydrogen-bond acceptors (Lipinski definition) is 4. The highest BCUT2D eigenvalue weighted by Crippen LogP contribution is 2.25. The lowest BCUT2D eigenvalue weighted by molar-refractivity contribution is -0.274. The van der Waals surface area contributed by atoms with Gasteiger partial charge in [0.05, 0.1) is 17.3 Å². The maximum absolute atomic E-state index is 12.3. The predicted molar refractivity (Wildman–Crippen MR) is 126 cm³/mol. The summed E-state index contributed by atoms with van der Waals surface area (Å²) in [5.74, 6) is -0.0105. The average molecular weight is 487 g/mol. The Morgan fingerprint density at radius 3 is 2.30 bits per heavy atom. The Kier molecular flexibility index (Phi) is 10.5. The zero-order chi connectivity index (χ0) is 25.2. The SMILES string of the molecule is C/C=C(\C=C/CS(=O)(=O)N(C)CC)/C=C(\C)C(N=C(C)N)=Nc1ccc(OC(F)(F)F)cc1. The quantitative estimate of drug-likeness (QED) is 0.310. The maximum atomic E-state index is 12.3. The maximum Gasteiger partial charge on any atom is 0.573 e. The van der Waals surface area contributed by atoms with Crippen molar-refractivity contribution in [3.8, 4) is 5.75 Å². The number of nitrogens with zero attached hydrogens (tertiary/aromatic N) is 3. The number of benzene rings is 1. The molecule has 2 N–H and O–H groups in total. The molecule has 0 aliphatic rings. The second-order valence-electron chi connectivity index (χ2n) is 6.94. The molecule has 11 heteroatoms. The third-order valence-electron chi connectivity index (χ3n) is 4.19. The van der Waals surface area contributed by atoms with Crippen LogP contribution in [0.4, 0.5) is 18.9 Å². The molecule has 0 unspecified atom stereocenters. The summed E-state index contributed by atoms with van der Waals surface area (Å²) in [5.41, 5.74) is 7.39. The molecule has 0 heterocycles. The molecule has 0 aromatic heterocycles. The van der Waals surface area contributed by atoms with Crippen LogP contribution in [-0.4, -0.2) is 50.1 Å². The minimum absolute atomic E-state index is 0.144. The first kappa shape index (κ1) is 28.1. The van der Waals surface area contributed by atoms with Gasteiger partial charge in [-0.1, -0.05) is 25.2 Å². The van der Waals surface area contributed by atoms with Crippen molar-refractivity contribution in [2.45, 2.75) is 34.1 Å². The molecule has 0 spiro atoms. The number of aliphatic imine (C=N–C) groups is 2. The van der Waals surface area contributed by atoms with E-state index in [0.717, 1.165) is 12.1 Å². The fourth-order valence-electron chi connectivity index (χ4n) is 2.38. The summed E-state index contributed by atoms with van der Waals surface area (Å²) in [4.78, 5) is 8.57. The first-order valence-electron chi connectivity index (χ1n) is 9.98. The van der Waals surface area contributed by atoms with Crippen LogP contribution in [0.3, 0.4) is 0 Å². The van der Waals surface area contributed by atoms with Crippen molar-refractivity contribution in [1.29, 1.82) is 0 Å². The number of ether oxygens (including phenoxy) is 1. The Bertz CT molecular complexity index is 1050. The largest absolute Gasteiger partial charge is 0.573 e. The van der Waals surface area contributed by atoms with Gasteiger partial charge in [-0.15, -0.1) is 13.2 Å². The molecule has 7 nitrogen and oxygen atoms in total. The van der Waals surface area contributed by atoms with Gasteiger partial charge in [0, 0.05) is 13.6 Å². The standard InChI is InChI=1S/C22H29F3N4O3S/c1-6-18(9-8-14-33(30,31)29(5)7-2)15-16(3)21(27-17(4)26)28-19-10-12-20(13-11-19)32-22(23,24)25/h6,8-13,15H,7,14H2,1-5H3,(H2,26,27,28)/b9-8-,16-15+,18-6+. The van der Waals surface area contributed by atoms with E-state index in [4.69, 9.17) is 5.73 Å². The van der Waals surface area contributed by atoms with E-state index in [1.54, 1.807) is 52.0 Å². The molecule has 182 valence electrons. The van der Waals surface area contributed by atoms with E-state index in [-0.39, 0.29) is 23.2 Å². The molecule has 0 bridgehead atoms. The molecule has 0 aliphatic heterocycles. The molecule has 0 amide bonds. The molecule has 0 radical (unpaired) electrons. The number of alkyl halides is 3. The highest BCUT2D eigenvalue weighted by atomic mass is 32.2. The number of sulfonamides is 1. The van der Waals surface area contributed by atoms with Gasteiger partial charge in [0.15, 0.2) is 5.84 Å². The first-order valence-corrected chi connectivity index (χ1v) is 11.6. The second kappa shape index (κ2) is 12.4. The second-order valence-corrected chi connectivity index (χ2v) is 9.06. The fraction of sp³-hybridized carbons (Fsp3) is 0.364. The number of amidine groups is 2. The summed E-state index contributed by atoms with van der Waals surface area (Å²) >= 11 is 0. The Hall–Kier alpha value is -2.92. The molecule has 1 aromatic carbocycles. The topological polar surface area (TPSA) is 97.4 Å². The highest BCUT2D eigenvalue weighted by Gasteiger charge is 2.30. The Labute approximate surface area is 192 Å². The Balaban J connectivity index is 3.16. The van der Waals surface area contributed by atoms with Crippen LogP contribution >= 0.6 is 0 Å². The van der Waals surface area contributed by atoms with E-state index < -0.39 is 16.4 Å². The van der Waals surface area contributed by atoms with Crippen LogP contribution in [0.1, 0.15) is 27.7 Å². The average Bonchev–Trinajstić information content (AvgIpc) is 2.71. The number of halogens is 3. The summed E-state index contributed by atoms with van der Waals surface area (Å²) in [6.45, 7) is 7.25. The van der Waals surface area contributed by atoms with Crippen LogP contribution in [-0.2, 0) is 10.0 Å². The lowest BCUT2D eigenvalue weighted by atomic mass is 10.1. The van der Waals surface area contributed by atoms with Crippen LogP contribution in [0.25, 0.3) is 0 Å². The molecular weight excluding hydrogens is 457 g/mol. The molecule has 0 atom stereocenters. The van der Waals surface area contributed by atoms with Gasteiger partial charge in [-0.25, -0.2) is 22.7 Å². The summed E-state index contributed by atoms with van der Waals surface area (Å²) in [7, 11) is -1.86. The normalized spacial score (nSPS) is 14.9. The van der Waals surface area contributed by atoms with Crippen molar-refractivity contribution < 1.29 is 26.3 Å². The zero-order valence-electron chi connectivity index (χ0n) is 19.2. The van der Waals surface area contributed by atoms with E-state index in [1.807, 2.05) is 0 Å². The van der Waals surface area contributed by atoms with Crippen molar-refractivity contribution in [3.63, 3.8) is 0 Å². The van der Waals surface area contributed by atoms with Crippen LogP contribution in [0.15, 0.2) is 69.7 Å². The zero-order valence-corrected chi connectivity index (χ0v) is 20.0. The first-order chi connectivity index (χ1) is 15.3. The molecule has 0 saturated heterocycles. The molecule has 33 heavy (non-hydrogen) atoms. The lowest BCUT2D eigenvalue weighted by Gasteiger charge is -2.12. The summed E-state index contributed by atoms with van der Waals surface area (Å²) in [6, 6.07) is 5.02. The van der Waals surface area contributed by atoms with Crippen molar-refractivity contribution in [1.82, 2.24) is 4.31 Å². The van der Waals surface area contributed by atoms with Crippen molar-refractivity contribution >= 4 is 27.4 Å². The summed E-state index contributed by atoms with van der Waals surface area (Å²) < 4.78 is 66.3. The Morgan fingerprint density at radius 1 is 1.21 bits per heavy atom. The lowest BCUT2D eigenvalue weighted by Crippen LogP contribution is -2.28. The van der Waals surface area contributed by atoms with Crippen LogP contribution < -0.4 is 10.5 Å². The predicted octanol–water partition coefficient (Wildman–Crippen LogP) is 4.72. The Morgan fingerprint density at radius 2 is 1.82 bits per heavy atom. The van der Waals surface area contributed by atoms with Crippen LogP contribution in [0.5, 0.6) is 5.75 Å². The van der Waals surface area contributed by atoms with E-state index in [9.17, 15) is 21.6 Å². The van der Waals surface area contributed by atoms with E-state index in [0.29, 0.717) is 23.4 Å². The van der Waals surface area contributed by atoms with Crippen LogP contribution in [0.2, 0.25) is 0 Å². The number of nitrogens with two attached hydrogens (primary N) is 1. The smallest absolute Gasteiger partial charge is 0.406 e. The van der Waals surface area contributed by atoms with Gasteiger partial charge in [-0.2, -0.15) is 0 Å². The molecular formula is C22H29F3N4O3S. The minimum atomic E-state index is -4.78. The van der Waals surface area contributed by atoms with E-state index >= 15 is 0 Å². The molecule has 0 aliphatic carbocycles. The fourth-order valence-corrected chi connectivity index (χ4v) is 3.37. The van der Waals surface area contributed by atoms with Crippen molar-refractivity contribution in [3.05, 3.63) is 59.7 Å². The van der Waals surface area contributed by atoms with Crippen molar-refractivity contribution in [2.24, 2.45) is 15.7 Å². The molecule has 1 aromatic rings. The third-order valence-corrected chi connectivity index (χ3v) is 6.02. The molecule has 0 saturated carbocycles. The van der Waals surface area contributed by atoms with Gasteiger partial charge in [0.2, 0.25) is 10.0 Å². The summed E-state index contributed by atoms with van der Waals surface area (Å²) in [6.07, 6.45) is 1.98. The van der Waals surface area contributed by atoms with Gasteiger partial charge in [-0.05, 0) is 62.3 Å². The van der Waals surface area contributed by atoms with Gasteiger partial charge >= 0.3 is 6.36 Å². The van der Waals surface area contributed by atoms with Crippen LogP contribution in [0, 0.1) is 0 Å². The van der Waals surface area contributed by atoms with Gasteiger partial charge in [0.25, 0.3) is 0 Å². The summed E-state index contributed by atoms with van der Waals surface area (Å²) in [5, 5.41) is 0. The third kappa shape index (κ3) is 10.5. The van der Waals surface area contributed by atoms with Gasteiger partial charge in [-0.3, -0.25) is 0 Å². The number of rotatable bonds is 9. The number of hydrogen-bond donors (Lipinski definition) is 1. The van der Waals surface area contributed by atoms with Gasteiger partial charge < -0.3 is 10.5 Å². The molecule has 1 rings (SSSR count). The van der Waals surface area contributed by atoms with E-state index in [1.165, 1.54) is 23.5 Å². The molecule has 0 fully saturated rings. The van der Waals surface area contributed by atoms with E-state index in [2.05, 4.69) is 14.7 Å². The van der Waals surface area contributed by atoms with Crippen molar-refractivity contribution in [2.75, 3.05) is 19.3 Å². The monoisotopic (exact) mass is 486 g/mol.